The monoisotopic (exact) mass is 351 g/mol. The summed E-state index contributed by atoms with van der Waals surface area (Å²) < 4.78 is 5.42. The Balaban J connectivity index is 1.39. The standard InChI is InChI=1S/C21H25N3O2/c25-21(16-26-19-9-5-2-6-10-19)24-20-12-11-18(15-23-20)22-14-13-17-7-3-1-4-8-17/h2,5-7,9-12,15,22H,1,3-4,8,13-14,16H2,(H,23,24,25). The third-order valence-electron chi connectivity index (χ3n) is 4.30. The second-order valence-electron chi connectivity index (χ2n) is 6.37. The van der Waals surface area contributed by atoms with Crippen molar-refractivity contribution in [2.75, 3.05) is 23.8 Å². The summed E-state index contributed by atoms with van der Waals surface area (Å²) in [4.78, 5) is 16.2. The molecule has 0 saturated heterocycles. The predicted octanol–water partition coefficient (Wildman–Crippen LogP) is 4.40. The Labute approximate surface area is 154 Å². The number of nitrogens with zero attached hydrogens (tertiary/aromatic N) is 1. The van der Waals surface area contributed by atoms with E-state index in [4.69, 9.17) is 4.74 Å². The van der Waals surface area contributed by atoms with Gasteiger partial charge in [-0.3, -0.25) is 4.79 Å². The van der Waals surface area contributed by atoms with Crippen LogP contribution in [0.3, 0.4) is 0 Å². The summed E-state index contributed by atoms with van der Waals surface area (Å²) in [5.74, 6) is 0.960. The van der Waals surface area contributed by atoms with Gasteiger partial charge in [0.2, 0.25) is 0 Å². The van der Waals surface area contributed by atoms with Gasteiger partial charge in [0, 0.05) is 6.54 Å². The first-order valence-electron chi connectivity index (χ1n) is 9.15. The van der Waals surface area contributed by atoms with Crippen LogP contribution < -0.4 is 15.4 Å². The number of carbonyl (C=O) groups is 1. The molecule has 1 aromatic heterocycles. The molecular formula is C21H25N3O2. The van der Waals surface area contributed by atoms with Crippen molar-refractivity contribution in [3.8, 4) is 5.75 Å². The molecule has 0 unspecified atom stereocenters. The molecule has 3 rings (SSSR count). The van der Waals surface area contributed by atoms with Crippen LogP contribution in [0.5, 0.6) is 5.75 Å². The third kappa shape index (κ3) is 5.92. The third-order valence-corrected chi connectivity index (χ3v) is 4.30. The van der Waals surface area contributed by atoms with Gasteiger partial charge in [-0.05, 0) is 56.4 Å². The molecule has 1 heterocycles. The number of ether oxygens (including phenoxy) is 1. The zero-order valence-corrected chi connectivity index (χ0v) is 14.9. The highest BCUT2D eigenvalue weighted by molar-refractivity contribution is 5.91. The molecule has 0 bridgehead atoms. The van der Waals surface area contributed by atoms with E-state index in [0.29, 0.717) is 11.6 Å². The highest BCUT2D eigenvalue weighted by Gasteiger charge is 2.06. The van der Waals surface area contributed by atoms with Crippen LogP contribution in [0.2, 0.25) is 0 Å². The minimum absolute atomic E-state index is 0.0409. The number of hydrogen-bond acceptors (Lipinski definition) is 4. The Morgan fingerprint density at radius 2 is 2.00 bits per heavy atom. The Morgan fingerprint density at radius 3 is 2.73 bits per heavy atom. The van der Waals surface area contributed by atoms with Gasteiger partial charge < -0.3 is 15.4 Å². The molecule has 2 N–H and O–H groups in total. The summed E-state index contributed by atoms with van der Waals surface area (Å²) in [7, 11) is 0. The van der Waals surface area contributed by atoms with Gasteiger partial charge in [-0.2, -0.15) is 0 Å². The molecule has 2 aromatic rings. The molecule has 0 saturated carbocycles. The van der Waals surface area contributed by atoms with Gasteiger partial charge in [-0.15, -0.1) is 0 Å². The fourth-order valence-electron chi connectivity index (χ4n) is 2.92. The lowest BCUT2D eigenvalue weighted by Crippen LogP contribution is -2.20. The number of rotatable bonds is 8. The molecule has 136 valence electrons. The first-order chi connectivity index (χ1) is 12.8. The Bertz CT molecular complexity index is 727. The number of benzene rings is 1. The van der Waals surface area contributed by atoms with Crippen LogP contribution in [0, 0.1) is 0 Å². The minimum atomic E-state index is -0.230. The van der Waals surface area contributed by atoms with Crippen molar-refractivity contribution in [3.05, 3.63) is 60.3 Å². The highest BCUT2D eigenvalue weighted by Crippen LogP contribution is 2.20. The predicted molar refractivity (Wildman–Crippen MR) is 104 cm³/mol. The average Bonchev–Trinajstić information content (AvgIpc) is 2.69. The number of para-hydroxylation sites is 1. The van der Waals surface area contributed by atoms with Crippen LogP contribution in [0.25, 0.3) is 0 Å². The lowest BCUT2D eigenvalue weighted by molar-refractivity contribution is -0.118. The van der Waals surface area contributed by atoms with Crippen LogP contribution in [0.15, 0.2) is 60.3 Å². The lowest BCUT2D eigenvalue weighted by Gasteiger charge is -2.13. The minimum Gasteiger partial charge on any atom is -0.484 e. The van der Waals surface area contributed by atoms with E-state index >= 15 is 0 Å². The van der Waals surface area contributed by atoms with Gasteiger partial charge in [-0.1, -0.05) is 29.8 Å². The fraction of sp³-hybridized carbons (Fsp3) is 0.333. The number of nitrogens with one attached hydrogen (secondary N) is 2. The molecule has 0 spiro atoms. The summed E-state index contributed by atoms with van der Waals surface area (Å²) in [6.07, 6.45) is 10.3. The Kier molecular flexibility index (Phi) is 6.65. The number of hydrogen-bond donors (Lipinski definition) is 2. The molecule has 1 amide bonds. The number of allylic oxidation sites excluding steroid dienone is 1. The SMILES string of the molecule is O=C(COc1ccccc1)Nc1ccc(NCCC2=CCCCC2)cn1. The lowest BCUT2D eigenvalue weighted by atomic mass is 9.97. The highest BCUT2D eigenvalue weighted by atomic mass is 16.5. The van der Waals surface area contributed by atoms with Crippen molar-refractivity contribution >= 4 is 17.4 Å². The summed E-state index contributed by atoms with van der Waals surface area (Å²) in [6, 6.07) is 13.0. The second-order valence-corrected chi connectivity index (χ2v) is 6.37. The maximum atomic E-state index is 11.9. The van der Waals surface area contributed by atoms with Gasteiger partial charge in [0.1, 0.15) is 11.6 Å². The molecule has 1 aliphatic carbocycles. The summed E-state index contributed by atoms with van der Waals surface area (Å²) in [6.45, 7) is 0.866. The number of aromatic nitrogens is 1. The van der Waals surface area contributed by atoms with Crippen molar-refractivity contribution in [2.45, 2.75) is 32.1 Å². The largest absolute Gasteiger partial charge is 0.484 e. The molecule has 0 radical (unpaired) electrons. The number of pyridine rings is 1. The van der Waals surface area contributed by atoms with E-state index in [1.54, 1.807) is 17.8 Å². The first-order valence-corrected chi connectivity index (χ1v) is 9.15. The number of amides is 1. The van der Waals surface area contributed by atoms with Gasteiger partial charge in [0.25, 0.3) is 5.91 Å². The molecule has 1 aliphatic rings. The van der Waals surface area contributed by atoms with Gasteiger partial charge in [0.05, 0.1) is 11.9 Å². The zero-order chi connectivity index (χ0) is 18.0. The Hall–Kier alpha value is -2.82. The molecule has 0 aliphatic heterocycles. The van der Waals surface area contributed by atoms with Gasteiger partial charge >= 0.3 is 0 Å². The van der Waals surface area contributed by atoms with Crippen molar-refractivity contribution < 1.29 is 9.53 Å². The average molecular weight is 351 g/mol. The molecule has 5 heteroatoms. The van der Waals surface area contributed by atoms with Gasteiger partial charge in [0.15, 0.2) is 6.61 Å². The van der Waals surface area contributed by atoms with E-state index in [1.807, 2.05) is 36.4 Å². The summed E-state index contributed by atoms with van der Waals surface area (Å²) in [5, 5.41) is 6.11. The molecular weight excluding hydrogens is 326 g/mol. The first kappa shape index (κ1) is 18.0. The second kappa shape index (κ2) is 9.61. The van der Waals surface area contributed by atoms with E-state index < -0.39 is 0 Å². The van der Waals surface area contributed by atoms with E-state index in [2.05, 4.69) is 21.7 Å². The Morgan fingerprint density at radius 1 is 1.12 bits per heavy atom. The fourth-order valence-corrected chi connectivity index (χ4v) is 2.92. The van der Waals surface area contributed by atoms with Crippen LogP contribution in [0.4, 0.5) is 11.5 Å². The van der Waals surface area contributed by atoms with E-state index in [0.717, 1.165) is 18.7 Å². The van der Waals surface area contributed by atoms with Crippen molar-refractivity contribution in [1.82, 2.24) is 4.98 Å². The summed E-state index contributed by atoms with van der Waals surface area (Å²) in [5.41, 5.74) is 2.51. The normalized spacial score (nSPS) is 13.6. The topological polar surface area (TPSA) is 63.2 Å². The maximum Gasteiger partial charge on any atom is 0.263 e. The van der Waals surface area contributed by atoms with Gasteiger partial charge in [-0.25, -0.2) is 4.98 Å². The smallest absolute Gasteiger partial charge is 0.263 e. The maximum absolute atomic E-state index is 11.9. The zero-order valence-electron chi connectivity index (χ0n) is 14.9. The van der Waals surface area contributed by atoms with Crippen LogP contribution >= 0.6 is 0 Å². The van der Waals surface area contributed by atoms with E-state index in [9.17, 15) is 4.79 Å². The molecule has 26 heavy (non-hydrogen) atoms. The van der Waals surface area contributed by atoms with Crippen LogP contribution in [0.1, 0.15) is 32.1 Å². The van der Waals surface area contributed by atoms with E-state index in [-0.39, 0.29) is 12.5 Å². The van der Waals surface area contributed by atoms with Crippen molar-refractivity contribution in [1.29, 1.82) is 0 Å². The quantitative estimate of drug-likeness (QED) is 0.692. The number of carbonyl (C=O) groups excluding carboxylic acids is 1. The molecule has 5 nitrogen and oxygen atoms in total. The van der Waals surface area contributed by atoms with Crippen LogP contribution in [-0.4, -0.2) is 24.0 Å². The molecule has 0 atom stereocenters. The van der Waals surface area contributed by atoms with E-state index in [1.165, 1.54) is 25.7 Å². The number of anilines is 2. The molecule has 0 fully saturated rings. The summed E-state index contributed by atoms with van der Waals surface area (Å²) >= 11 is 0. The van der Waals surface area contributed by atoms with Crippen molar-refractivity contribution in [3.63, 3.8) is 0 Å². The van der Waals surface area contributed by atoms with Crippen molar-refractivity contribution in [2.24, 2.45) is 0 Å². The van der Waals surface area contributed by atoms with Crippen LogP contribution in [-0.2, 0) is 4.79 Å². The molecule has 1 aromatic carbocycles.